The van der Waals surface area contributed by atoms with Crippen LogP contribution in [0.2, 0.25) is 0 Å². The van der Waals surface area contributed by atoms with Crippen LogP contribution in [0, 0.1) is 0 Å². The molecule has 25 heavy (non-hydrogen) atoms. The minimum absolute atomic E-state index is 0.212. The number of urea groups is 1. The van der Waals surface area contributed by atoms with Crippen LogP contribution in [-0.2, 0) is 4.74 Å². The minimum atomic E-state index is -4.77. The van der Waals surface area contributed by atoms with E-state index in [4.69, 9.17) is 4.74 Å². The maximum Gasteiger partial charge on any atom is 0.573 e. The summed E-state index contributed by atoms with van der Waals surface area (Å²) in [7, 11) is 0. The number of rotatable bonds is 5. The SMILES string of the molecule is CC(C)(CNC(=O)Nc1cccc(OC(F)(F)F)c1)N1CCOCC1. The first kappa shape index (κ1) is 19.3. The van der Waals surface area contributed by atoms with E-state index < -0.39 is 12.4 Å². The second-order valence-electron chi connectivity index (χ2n) is 6.30. The monoisotopic (exact) mass is 361 g/mol. The van der Waals surface area contributed by atoms with Crippen molar-refractivity contribution in [3.8, 4) is 5.75 Å². The average molecular weight is 361 g/mol. The molecule has 1 saturated heterocycles. The fraction of sp³-hybridized carbons (Fsp3) is 0.562. The third-order valence-electron chi connectivity index (χ3n) is 3.87. The van der Waals surface area contributed by atoms with Gasteiger partial charge in [-0.1, -0.05) is 6.07 Å². The molecule has 1 aliphatic rings. The van der Waals surface area contributed by atoms with Gasteiger partial charge in [0.05, 0.1) is 13.2 Å². The topological polar surface area (TPSA) is 62.8 Å². The summed E-state index contributed by atoms with van der Waals surface area (Å²) in [6, 6.07) is 4.63. The van der Waals surface area contributed by atoms with E-state index in [0.717, 1.165) is 25.2 Å². The first-order valence-corrected chi connectivity index (χ1v) is 7.89. The van der Waals surface area contributed by atoms with E-state index in [2.05, 4.69) is 20.3 Å². The number of carbonyl (C=O) groups excluding carboxylic acids is 1. The number of ether oxygens (including phenoxy) is 2. The number of morpholine rings is 1. The smallest absolute Gasteiger partial charge is 0.406 e. The predicted octanol–water partition coefficient (Wildman–Crippen LogP) is 2.82. The Morgan fingerprint density at radius 1 is 1.28 bits per heavy atom. The molecule has 0 saturated carbocycles. The first-order chi connectivity index (χ1) is 11.7. The summed E-state index contributed by atoms with van der Waals surface area (Å²) >= 11 is 0. The van der Waals surface area contributed by atoms with Gasteiger partial charge in [0.1, 0.15) is 5.75 Å². The van der Waals surface area contributed by atoms with Crippen molar-refractivity contribution >= 4 is 11.7 Å². The van der Waals surface area contributed by atoms with E-state index in [1.807, 2.05) is 13.8 Å². The van der Waals surface area contributed by atoms with Gasteiger partial charge < -0.3 is 20.1 Å². The van der Waals surface area contributed by atoms with Gasteiger partial charge in [-0.05, 0) is 26.0 Å². The van der Waals surface area contributed by atoms with Crippen LogP contribution in [0.3, 0.4) is 0 Å². The van der Waals surface area contributed by atoms with Crippen LogP contribution in [0.15, 0.2) is 24.3 Å². The third kappa shape index (κ3) is 6.43. The fourth-order valence-corrected chi connectivity index (χ4v) is 2.52. The van der Waals surface area contributed by atoms with Gasteiger partial charge in [-0.15, -0.1) is 13.2 Å². The second kappa shape index (κ2) is 7.92. The van der Waals surface area contributed by atoms with E-state index in [-0.39, 0.29) is 17.0 Å². The molecule has 6 nitrogen and oxygen atoms in total. The van der Waals surface area contributed by atoms with Crippen LogP contribution in [0.4, 0.5) is 23.7 Å². The number of benzene rings is 1. The fourth-order valence-electron chi connectivity index (χ4n) is 2.52. The largest absolute Gasteiger partial charge is 0.573 e. The Morgan fingerprint density at radius 2 is 1.96 bits per heavy atom. The molecule has 2 N–H and O–H groups in total. The van der Waals surface area contributed by atoms with Crippen molar-refractivity contribution in [1.29, 1.82) is 0 Å². The normalized spacial score (nSPS) is 16.4. The van der Waals surface area contributed by atoms with Gasteiger partial charge in [0, 0.05) is 36.9 Å². The van der Waals surface area contributed by atoms with Crippen LogP contribution in [0.25, 0.3) is 0 Å². The maximum absolute atomic E-state index is 12.2. The number of hydrogen-bond donors (Lipinski definition) is 2. The lowest BCUT2D eigenvalue weighted by atomic mass is 10.0. The molecule has 2 rings (SSSR count). The van der Waals surface area contributed by atoms with Crippen molar-refractivity contribution in [2.45, 2.75) is 25.7 Å². The van der Waals surface area contributed by atoms with Gasteiger partial charge in [-0.25, -0.2) is 4.79 Å². The van der Waals surface area contributed by atoms with Crippen molar-refractivity contribution in [3.63, 3.8) is 0 Å². The molecule has 1 heterocycles. The highest BCUT2D eigenvalue weighted by Crippen LogP contribution is 2.25. The van der Waals surface area contributed by atoms with Crippen LogP contribution in [0.5, 0.6) is 5.75 Å². The summed E-state index contributed by atoms with van der Waals surface area (Å²) in [6.45, 7) is 7.29. The molecule has 0 spiro atoms. The zero-order valence-electron chi connectivity index (χ0n) is 14.2. The molecule has 0 aliphatic carbocycles. The number of anilines is 1. The zero-order valence-corrected chi connectivity index (χ0v) is 14.2. The molecule has 0 unspecified atom stereocenters. The van der Waals surface area contributed by atoms with E-state index in [1.54, 1.807) is 0 Å². The molecule has 1 aromatic rings. The Bertz CT molecular complexity index is 587. The number of halogens is 3. The minimum Gasteiger partial charge on any atom is -0.406 e. The molecule has 2 amide bonds. The molecule has 1 fully saturated rings. The predicted molar refractivity (Wildman–Crippen MR) is 86.6 cm³/mol. The summed E-state index contributed by atoms with van der Waals surface area (Å²) in [5, 5.41) is 5.24. The summed E-state index contributed by atoms with van der Waals surface area (Å²) in [4.78, 5) is 14.2. The quantitative estimate of drug-likeness (QED) is 0.847. The van der Waals surface area contributed by atoms with Crippen LogP contribution in [0.1, 0.15) is 13.8 Å². The van der Waals surface area contributed by atoms with Gasteiger partial charge in [-0.2, -0.15) is 0 Å². The van der Waals surface area contributed by atoms with Crippen molar-refractivity contribution < 1.29 is 27.4 Å². The van der Waals surface area contributed by atoms with E-state index in [1.165, 1.54) is 12.1 Å². The Morgan fingerprint density at radius 3 is 2.60 bits per heavy atom. The number of hydrogen-bond acceptors (Lipinski definition) is 4. The Hall–Kier alpha value is -2.00. The van der Waals surface area contributed by atoms with Crippen molar-refractivity contribution in [2.24, 2.45) is 0 Å². The summed E-state index contributed by atoms with van der Waals surface area (Å²) in [5.74, 6) is -0.390. The average Bonchev–Trinajstić information content (AvgIpc) is 2.53. The van der Waals surface area contributed by atoms with Crippen LogP contribution in [-0.4, -0.2) is 55.7 Å². The second-order valence-corrected chi connectivity index (χ2v) is 6.30. The van der Waals surface area contributed by atoms with Gasteiger partial charge in [0.2, 0.25) is 0 Å². The zero-order chi connectivity index (χ0) is 18.5. The molecule has 140 valence electrons. The van der Waals surface area contributed by atoms with Gasteiger partial charge in [0.15, 0.2) is 0 Å². The molecule has 0 bridgehead atoms. The molecule has 1 aromatic carbocycles. The van der Waals surface area contributed by atoms with Gasteiger partial charge in [0.25, 0.3) is 0 Å². The number of alkyl halides is 3. The van der Waals surface area contributed by atoms with Crippen molar-refractivity contribution in [3.05, 3.63) is 24.3 Å². The third-order valence-corrected chi connectivity index (χ3v) is 3.87. The standard InChI is InChI=1S/C16H22F3N3O3/c1-15(2,22-6-8-24-9-7-22)11-20-14(23)21-12-4-3-5-13(10-12)25-16(17,18)19/h3-5,10H,6-9,11H2,1-2H3,(H2,20,21,23). The number of carbonyl (C=O) groups is 1. The molecule has 9 heteroatoms. The molecule has 0 atom stereocenters. The maximum atomic E-state index is 12.2. The number of nitrogens with one attached hydrogen (secondary N) is 2. The molecular formula is C16H22F3N3O3. The lowest BCUT2D eigenvalue weighted by Crippen LogP contribution is -2.55. The number of nitrogens with zero attached hydrogens (tertiary/aromatic N) is 1. The summed E-state index contributed by atoms with van der Waals surface area (Å²) in [5.41, 5.74) is -0.0500. The van der Waals surface area contributed by atoms with E-state index in [0.29, 0.717) is 19.8 Å². The summed E-state index contributed by atoms with van der Waals surface area (Å²) in [6.07, 6.45) is -4.77. The molecule has 1 aliphatic heterocycles. The summed E-state index contributed by atoms with van der Waals surface area (Å²) < 4.78 is 45.8. The van der Waals surface area contributed by atoms with Crippen LogP contribution < -0.4 is 15.4 Å². The Balaban J connectivity index is 1.86. The number of amides is 2. The highest BCUT2D eigenvalue weighted by atomic mass is 19.4. The lowest BCUT2D eigenvalue weighted by Gasteiger charge is -2.40. The molecule has 0 aromatic heterocycles. The van der Waals surface area contributed by atoms with E-state index >= 15 is 0 Å². The lowest BCUT2D eigenvalue weighted by molar-refractivity contribution is -0.274. The van der Waals surface area contributed by atoms with Crippen LogP contribution >= 0.6 is 0 Å². The molecular weight excluding hydrogens is 339 g/mol. The highest BCUT2D eigenvalue weighted by Gasteiger charge is 2.31. The van der Waals surface area contributed by atoms with Gasteiger partial charge in [-0.3, -0.25) is 4.90 Å². The Labute approximate surface area is 144 Å². The Kier molecular flexibility index (Phi) is 6.12. The molecule has 0 radical (unpaired) electrons. The van der Waals surface area contributed by atoms with Crippen molar-refractivity contribution in [1.82, 2.24) is 10.2 Å². The first-order valence-electron chi connectivity index (χ1n) is 7.89. The van der Waals surface area contributed by atoms with E-state index in [9.17, 15) is 18.0 Å². The highest BCUT2D eigenvalue weighted by molar-refractivity contribution is 5.89. The van der Waals surface area contributed by atoms with Gasteiger partial charge >= 0.3 is 12.4 Å². The van der Waals surface area contributed by atoms with Crippen molar-refractivity contribution in [2.75, 3.05) is 38.2 Å².